The van der Waals surface area contributed by atoms with E-state index < -0.39 is 26.0 Å². The van der Waals surface area contributed by atoms with Crippen LogP contribution < -0.4 is 5.32 Å². The summed E-state index contributed by atoms with van der Waals surface area (Å²) in [6, 6.07) is 5.93. The van der Waals surface area contributed by atoms with Gasteiger partial charge >= 0.3 is 0 Å². The first-order valence-corrected chi connectivity index (χ1v) is 12.8. The molecule has 0 bridgehead atoms. The van der Waals surface area contributed by atoms with Crippen LogP contribution in [-0.4, -0.2) is 88.2 Å². The second kappa shape index (κ2) is 8.19. The number of sulfonamides is 2. The standard InChI is InChI=1S/C19H23N5O5S2/c1-22-9-11-24(12-10-22)31(28,29)16-6-4-15(5-7-16)20-19(25)17-3-2-8-23-13-14-30(26,27)21-18(17)23/h2-8H,9-14H2,1H3,(H,20,25). The van der Waals surface area contributed by atoms with Gasteiger partial charge in [-0.2, -0.15) is 4.31 Å². The van der Waals surface area contributed by atoms with E-state index in [2.05, 4.69) is 14.6 Å². The molecule has 0 spiro atoms. The summed E-state index contributed by atoms with van der Waals surface area (Å²) in [7, 11) is -5.26. The van der Waals surface area contributed by atoms with Crippen LogP contribution in [0.3, 0.4) is 0 Å². The molecule has 1 N–H and O–H groups in total. The number of nitrogens with one attached hydrogen (secondary N) is 1. The van der Waals surface area contributed by atoms with Gasteiger partial charge in [-0.1, -0.05) is 0 Å². The average Bonchev–Trinajstić information content (AvgIpc) is 2.73. The van der Waals surface area contributed by atoms with E-state index in [1.54, 1.807) is 17.2 Å². The third-order valence-corrected chi connectivity index (χ3v) is 8.38. The number of amidine groups is 1. The Labute approximate surface area is 181 Å². The van der Waals surface area contributed by atoms with E-state index in [0.29, 0.717) is 31.9 Å². The molecule has 4 rings (SSSR count). The summed E-state index contributed by atoms with van der Waals surface area (Å²) in [4.78, 5) is 16.6. The molecule has 0 atom stereocenters. The molecule has 3 aliphatic heterocycles. The van der Waals surface area contributed by atoms with Crippen LogP contribution in [0.2, 0.25) is 0 Å². The highest BCUT2D eigenvalue weighted by atomic mass is 32.2. The van der Waals surface area contributed by atoms with Crippen LogP contribution in [0.25, 0.3) is 0 Å². The highest BCUT2D eigenvalue weighted by Gasteiger charge is 2.30. The van der Waals surface area contributed by atoms with Crippen molar-refractivity contribution in [3.8, 4) is 0 Å². The molecule has 0 unspecified atom stereocenters. The summed E-state index contributed by atoms with van der Waals surface area (Å²) in [6.07, 6.45) is 4.82. The number of benzene rings is 1. The number of hydrogen-bond donors (Lipinski definition) is 1. The van der Waals surface area contributed by atoms with Gasteiger partial charge in [0, 0.05) is 44.6 Å². The Morgan fingerprint density at radius 1 is 1.06 bits per heavy atom. The van der Waals surface area contributed by atoms with Crippen molar-refractivity contribution < 1.29 is 21.6 Å². The summed E-state index contributed by atoms with van der Waals surface area (Å²) in [6.45, 7) is 2.43. The maximum absolute atomic E-state index is 12.8. The third-order valence-electron chi connectivity index (χ3n) is 5.31. The van der Waals surface area contributed by atoms with Crippen LogP contribution in [0.1, 0.15) is 0 Å². The number of carbonyl (C=O) groups excluding carboxylic acids is 1. The van der Waals surface area contributed by atoms with Gasteiger partial charge in [-0.05, 0) is 43.5 Å². The van der Waals surface area contributed by atoms with E-state index in [1.165, 1.54) is 34.6 Å². The Kier molecular flexibility index (Phi) is 5.73. The minimum atomic E-state index is -3.61. The van der Waals surface area contributed by atoms with Gasteiger partial charge in [-0.3, -0.25) is 4.79 Å². The largest absolute Gasteiger partial charge is 0.331 e. The number of nitrogens with zero attached hydrogens (tertiary/aromatic N) is 4. The molecule has 0 aliphatic carbocycles. The number of amides is 1. The minimum absolute atomic E-state index is 0.0838. The molecular formula is C19H23N5O5S2. The van der Waals surface area contributed by atoms with Crippen LogP contribution in [-0.2, 0) is 24.8 Å². The van der Waals surface area contributed by atoms with Crippen molar-refractivity contribution in [2.75, 3.05) is 50.8 Å². The lowest BCUT2D eigenvalue weighted by Crippen LogP contribution is -2.46. The first-order chi connectivity index (χ1) is 14.7. The van der Waals surface area contributed by atoms with Gasteiger partial charge in [0.15, 0.2) is 5.84 Å². The van der Waals surface area contributed by atoms with Gasteiger partial charge in [0.2, 0.25) is 10.0 Å². The number of allylic oxidation sites excluding steroid dienone is 2. The first kappa shape index (κ1) is 21.7. The predicted octanol–water partition coefficient (Wildman–Crippen LogP) is 0.0588. The van der Waals surface area contributed by atoms with Gasteiger partial charge in [-0.25, -0.2) is 16.8 Å². The Morgan fingerprint density at radius 2 is 1.74 bits per heavy atom. The topological polar surface area (TPSA) is 119 Å². The fourth-order valence-electron chi connectivity index (χ4n) is 3.48. The summed E-state index contributed by atoms with van der Waals surface area (Å²) in [5, 5.41) is 2.68. The number of fused-ring (bicyclic) bond motifs is 1. The van der Waals surface area contributed by atoms with Gasteiger partial charge in [0.05, 0.1) is 16.2 Å². The van der Waals surface area contributed by atoms with Gasteiger partial charge in [0.1, 0.15) is 0 Å². The zero-order valence-corrected chi connectivity index (χ0v) is 18.6. The maximum atomic E-state index is 12.8. The maximum Gasteiger partial charge on any atom is 0.259 e. The van der Waals surface area contributed by atoms with Gasteiger partial charge in [-0.15, -0.1) is 4.40 Å². The molecule has 0 aromatic heterocycles. The van der Waals surface area contributed by atoms with Crippen molar-refractivity contribution in [1.29, 1.82) is 0 Å². The van der Waals surface area contributed by atoms with Crippen LogP contribution in [0, 0.1) is 0 Å². The summed E-state index contributed by atoms with van der Waals surface area (Å²) >= 11 is 0. The average molecular weight is 466 g/mol. The summed E-state index contributed by atoms with van der Waals surface area (Å²) in [5.41, 5.74) is 0.517. The lowest BCUT2D eigenvalue weighted by Gasteiger charge is -2.31. The molecule has 31 heavy (non-hydrogen) atoms. The van der Waals surface area contributed by atoms with Crippen molar-refractivity contribution in [3.05, 3.63) is 48.2 Å². The van der Waals surface area contributed by atoms with Crippen molar-refractivity contribution >= 4 is 37.5 Å². The van der Waals surface area contributed by atoms with E-state index in [9.17, 15) is 21.6 Å². The van der Waals surface area contributed by atoms with E-state index in [0.717, 1.165) is 0 Å². The number of likely N-dealkylation sites (N-methyl/N-ethyl adjacent to an activating group) is 1. The molecule has 1 amide bonds. The van der Waals surface area contributed by atoms with Crippen molar-refractivity contribution in [2.24, 2.45) is 4.40 Å². The molecular weight excluding hydrogens is 442 g/mol. The van der Waals surface area contributed by atoms with Gasteiger partial charge in [0.25, 0.3) is 15.9 Å². The SMILES string of the molecule is CN1CCN(S(=O)(=O)c2ccc(NC(=O)C3=CC=CN4CCS(=O)(=O)N=C34)cc2)CC1. The Balaban J connectivity index is 1.49. The highest BCUT2D eigenvalue weighted by Crippen LogP contribution is 2.22. The van der Waals surface area contributed by atoms with Crippen molar-refractivity contribution in [1.82, 2.24) is 14.1 Å². The Morgan fingerprint density at radius 3 is 2.42 bits per heavy atom. The number of rotatable bonds is 4. The number of hydrogen-bond acceptors (Lipinski definition) is 7. The smallest absolute Gasteiger partial charge is 0.259 e. The summed E-state index contributed by atoms with van der Waals surface area (Å²) < 4.78 is 54.5. The Bertz CT molecular complexity index is 1180. The molecule has 3 aliphatic rings. The fraction of sp³-hybridized carbons (Fsp3) is 0.368. The lowest BCUT2D eigenvalue weighted by molar-refractivity contribution is -0.112. The third kappa shape index (κ3) is 4.56. The Hall–Kier alpha value is -2.54. The van der Waals surface area contributed by atoms with Crippen LogP contribution in [0.4, 0.5) is 5.69 Å². The molecule has 1 saturated heterocycles. The quantitative estimate of drug-likeness (QED) is 0.668. The van der Waals surface area contributed by atoms with Crippen LogP contribution in [0.15, 0.2) is 57.5 Å². The zero-order valence-electron chi connectivity index (χ0n) is 16.9. The fourth-order valence-corrected chi connectivity index (χ4v) is 5.89. The highest BCUT2D eigenvalue weighted by molar-refractivity contribution is 7.90. The lowest BCUT2D eigenvalue weighted by atomic mass is 10.1. The predicted molar refractivity (Wildman–Crippen MR) is 116 cm³/mol. The molecule has 0 radical (unpaired) electrons. The molecule has 0 saturated carbocycles. The summed E-state index contributed by atoms with van der Waals surface area (Å²) in [5.74, 6) is -0.556. The van der Waals surface area contributed by atoms with Crippen LogP contribution >= 0.6 is 0 Å². The molecule has 166 valence electrons. The minimum Gasteiger partial charge on any atom is -0.331 e. The van der Waals surface area contributed by atoms with E-state index in [-0.39, 0.29) is 28.6 Å². The molecule has 12 heteroatoms. The second-order valence-electron chi connectivity index (χ2n) is 7.50. The molecule has 3 heterocycles. The molecule has 1 aromatic rings. The molecule has 1 aromatic carbocycles. The number of carbonyl (C=O) groups is 1. The molecule has 10 nitrogen and oxygen atoms in total. The van der Waals surface area contributed by atoms with Crippen LogP contribution in [0.5, 0.6) is 0 Å². The van der Waals surface area contributed by atoms with Crippen molar-refractivity contribution in [2.45, 2.75) is 4.90 Å². The number of anilines is 1. The monoisotopic (exact) mass is 465 g/mol. The van der Waals surface area contributed by atoms with Crippen molar-refractivity contribution in [3.63, 3.8) is 0 Å². The molecule has 1 fully saturated rings. The first-order valence-electron chi connectivity index (χ1n) is 9.74. The van der Waals surface area contributed by atoms with Gasteiger partial charge < -0.3 is 15.1 Å². The van der Waals surface area contributed by atoms with E-state index in [1.807, 2.05) is 7.05 Å². The van der Waals surface area contributed by atoms with E-state index in [4.69, 9.17) is 0 Å². The second-order valence-corrected chi connectivity index (χ2v) is 11.2. The normalized spacial score (nSPS) is 21.8. The zero-order chi connectivity index (χ0) is 22.2. The van der Waals surface area contributed by atoms with E-state index >= 15 is 0 Å². The number of piperazine rings is 1.